The fourth-order valence-corrected chi connectivity index (χ4v) is 5.27. The van der Waals surface area contributed by atoms with E-state index in [2.05, 4.69) is 15.6 Å². The molecule has 0 spiro atoms. The van der Waals surface area contributed by atoms with Gasteiger partial charge in [-0.05, 0) is 30.3 Å². The number of hydrogen-bond donors (Lipinski definition) is 4. The van der Waals surface area contributed by atoms with E-state index in [0.29, 0.717) is 22.5 Å². The average Bonchev–Trinajstić information content (AvgIpc) is 2.77. The van der Waals surface area contributed by atoms with Gasteiger partial charge in [-0.1, -0.05) is 23.2 Å². The highest BCUT2D eigenvalue weighted by atomic mass is 35.5. The average molecular weight is 498 g/mol. The number of pyridine rings is 1. The van der Waals surface area contributed by atoms with Crippen LogP contribution in [-0.4, -0.2) is 54.7 Å². The van der Waals surface area contributed by atoms with Crippen LogP contribution in [0, 0.1) is 0 Å². The summed E-state index contributed by atoms with van der Waals surface area (Å²) in [5.74, 6) is -2.10. The first-order valence-electron chi connectivity index (χ1n) is 9.36. The number of phenols is 1. The smallest absolute Gasteiger partial charge is 0.341 e. The fraction of sp³-hybridized carbons (Fsp3) is 0.200. The van der Waals surface area contributed by atoms with Gasteiger partial charge in [0.15, 0.2) is 11.2 Å². The molecule has 9 nitrogen and oxygen atoms in total. The molecule has 1 aromatic heterocycles. The number of nitrogens with one attached hydrogen (secondary N) is 2. The van der Waals surface area contributed by atoms with Gasteiger partial charge in [-0.15, -0.1) is 0 Å². The van der Waals surface area contributed by atoms with Gasteiger partial charge in [-0.3, -0.25) is 4.98 Å². The third-order valence-electron chi connectivity index (χ3n) is 4.94. The molecule has 1 aliphatic rings. The number of aromatic nitrogens is 1. The van der Waals surface area contributed by atoms with E-state index in [4.69, 9.17) is 27.9 Å². The van der Waals surface area contributed by atoms with Crippen molar-refractivity contribution in [2.75, 3.05) is 25.0 Å². The van der Waals surface area contributed by atoms with Crippen LogP contribution in [0.5, 0.6) is 5.75 Å². The lowest BCUT2D eigenvalue weighted by atomic mass is 10.1. The summed E-state index contributed by atoms with van der Waals surface area (Å²) in [5.41, 5.74) is -1.26. The predicted molar refractivity (Wildman–Crippen MR) is 120 cm³/mol. The van der Waals surface area contributed by atoms with Gasteiger partial charge in [0.1, 0.15) is 10.5 Å². The molecule has 32 heavy (non-hydrogen) atoms. The number of benzene rings is 2. The zero-order valence-electron chi connectivity index (χ0n) is 16.3. The van der Waals surface area contributed by atoms with Crippen LogP contribution in [0.25, 0.3) is 10.9 Å². The van der Waals surface area contributed by atoms with Gasteiger partial charge in [0.25, 0.3) is 0 Å². The van der Waals surface area contributed by atoms with Crippen molar-refractivity contribution in [1.82, 2.24) is 10.3 Å². The number of halogens is 2. The van der Waals surface area contributed by atoms with Gasteiger partial charge in [0, 0.05) is 29.7 Å². The molecule has 4 N–H and O–H groups in total. The Morgan fingerprint density at radius 2 is 2.03 bits per heavy atom. The van der Waals surface area contributed by atoms with Crippen molar-refractivity contribution in [3.05, 3.63) is 52.1 Å². The minimum Gasteiger partial charge on any atom is -0.505 e. The summed E-state index contributed by atoms with van der Waals surface area (Å²) in [7, 11) is -4.06. The molecule has 0 radical (unpaired) electrons. The van der Waals surface area contributed by atoms with E-state index in [1.54, 1.807) is 12.1 Å². The molecule has 0 aliphatic carbocycles. The molecule has 0 bridgehead atoms. The summed E-state index contributed by atoms with van der Waals surface area (Å²) in [4.78, 5) is 15.8. The summed E-state index contributed by atoms with van der Waals surface area (Å²) in [5, 5.41) is 26.1. The zero-order valence-corrected chi connectivity index (χ0v) is 18.6. The molecule has 1 aliphatic heterocycles. The van der Waals surface area contributed by atoms with Crippen LogP contribution in [0.3, 0.4) is 0 Å². The number of hydrogen-bond acceptors (Lipinski definition) is 8. The topological polar surface area (TPSA) is 138 Å². The minimum atomic E-state index is -4.06. The van der Waals surface area contributed by atoms with Gasteiger partial charge in [0.2, 0.25) is 9.84 Å². The Balaban J connectivity index is 1.95. The van der Waals surface area contributed by atoms with Crippen molar-refractivity contribution in [3.63, 3.8) is 0 Å². The highest BCUT2D eigenvalue weighted by Gasteiger charge is 2.33. The first-order valence-corrected chi connectivity index (χ1v) is 11.7. The van der Waals surface area contributed by atoms with Crippen molar-refractivity contribution in [3.8, 4) is 5.75 Å². The third-order valence-corrected chi connectivity index (χ3v) is 7.40. The molecule has 1 atom stereocenters. The summed E-state index contributed by atoms with van der Waals surface area (Å²) < 4.78 is 32.3. The number of ether oxygens (including phenoxy) is 1. The van der Waals surface area contributed by atoms with Crippen LogP contribution in [-0.2, 0) is 14.6 Å². The van der Waals surface area contributed by atoms with Crippen LogP contribution in [0.4, 0.5) is 11.4 Å². The Hall–Kier alpha value is -2.63. The second kappa shape index (κ2) is 8.72. The van der Waals surface area contributed by atoms with Gasteiger partial charge < -0.3 is 25.6 Å². The molecule has 1 saturated heterocycles. The maximum Gasteiger partial charge on any atom is 0.341 e. The number of rotatable bonds is 5. The number of carboxylic acid groups (broad SMARTS) is 1. The second-order valence-electron chi connectivity index (χ2n) is 6.96. The van der Waals surface area contributed by atoms with Crippen LogP contribution in [0.15, 0.2) is 41.4 Å². The summed E-state index contributed by atoms with van der Waals surface area (Å²) in [6.45, 7) is 0.819. The SMILES string of the molecule is O=C(O)c1c(Nc2c(S(=O)(=O)C3CNCCO3)cnc3ccc(Cl)cc23)ccc(Cl)c1O. The molecule has 2 heterocycles. The summed E-state index contributed by atoms with van der Waals surface area (Å²) in [6, 6.07) is 7.35. The van der Waals surface area contributed by atoms with Gasteiger partial charge >= 0.3 is 5.97 Å². The third kappa shape index (κ3) is 4.07. The number of nitrogens with zero attached hydrogens (tertiary/aromatic N) is 1. The number of carbonyl (C=O) groups is 1. The van der Waals surface area contributed by atoms with E-state index in [-0.39, 0.29) is 34.4 Å². The quantitative estimate of drug-likeness (QED) is 0.417. The van der Waals surface area contributed by atoms with E-state index in [9.17, 15) is 23.4 Å². The Morgan fingerprint density at radius 1 is 1.25 bits per heavy atom. The summed E-state index contributed by atoms with van der Waals surface area (Å²) in [6.07, 6.45) is 1.18. The van der Waals surface area contributed by atoms with E-state index in [1.807, 2.05) is 0 Å². The van der Waals surface area contributed by atoms with Crippen LogP contribution in [0.2, 0.25) is 10.0 Å². The standard InChI is InChI=1S/C20H17Cl2N3O6S/c21-10-1-3-13-11(7-10)18(25-14-4-2-12(22)19(26)17(14)20(27)28)15(8-24-13)32(29,30)16-9-23-5-6-31-16/h1-4,7-8,16,23,26H,5-6,9H2,(H,24,25)(H,27,28). The lowest BCUT2D eigenvalue weighted by Crippen LogP contribution is -2.43. The van der Waals surface area contributed by atoms with Crippen molar-refractivity contribution in [2.45, 2.75) is 10.3 Å². The largest absolute Gasteiger partial charge is 0.505 e. The lowest BCUT2D eigenvalue weighted by molar-refractivity contribution is 0.0695. The monoisotopic (exact) mass is 497 g/mol. The molecule has 1 fully saturated rings. The molecule has 0 saturated carbocycles. The molecule has 2 aromatic carbocycles. The Labute approximate surface area is 192 Å². The molecule has 12 heteroatoms. The van der Waals surface area contributed by atoms with Crippen LogP contribution in [0.1, 0.15) is 10.4 Å². The van der Waals surface area contributed by atoms with Crippen LogP contribution >= 0.6 is 23.2 Å². The molecule has 168 valence electrons. The second-order valence-corrected chi connectivity index (χ2v) is 9.86. The van der Waals surface area contributed by atoms with Crippen molar-refractivity contribution >= 4 is 61.3 Å². The van der Waals surface area contributed by atoms with Crippen molar-refractivity contribution in [1.29, 1.82) is 0 Å². The number of aromatic hydroxyl groups is 1. The lowest BCUT2D eigenvalue weighted by Gasteiger charge is -2.25. The normalized spacial score (nSPS) is 16.8. The Kier molecular flexibility index (Phi) is 6.15. The number of sulfone groups is 1. The number of anilines is 2. The highest BCUT2D eigenvalue weighted by molar-refractivity contribution is 7.92. The number of morpholine rings is 1. The minimum absolute atomic E-state index is 0.0518. The van der Waals surface area contributed by atoms with Crippen LogP contribution < -0.4 is 10.6 Å². The first kappa shape index (κ1) is 22.6. The number of carboxylic acids is 1. The molecule has 4 rings (SSSR count). The van der Waals surface area contributed by atoms with E-state index in [0.717, 1.165) is 0 Å². The molecule has 1 unspecified atom stereocenters. The van der Waals surface area contributed by atoms with Gasteiger partial charge in [-0.2, -0.15) is 0 Å². The van der Waals surface area contributed by atoms with Crippen molar-refractivity contribution in [2.24, 2.45) is 0 Å². The van der Waals surface area contributed by atoms with Gasteiger partial charge in [-0.25, -0.2) is 13.2 Å². The van der Waals surface area contributed by atoms with Gasteiger partial charge in [0.05, 0.1) is 28.5 Å². The first-order chi connectivity index (χ1) is 15.2. The van der Waals surface area contributed by atoms with E-state index in [1.165, 1.54) is 24.4 Å². The molecule has 3 aromatic rings. The number of fused-ring (bicyclic) bond motifs is 1. The number of aromatic carboxylic acids is 1. The fourth-order valence-electron chi connectivity index (χ4n) is 3.39. The predicted octanol–water partition coefficient (Wildman–Crippen LogP) is 3.41. The zero-order chi connectivity index (χ0) is 23.0. The summed E-state index contributed by atoms with van der Waals surface area (Å²) >= 11 is 12.0. The highest BCUT2D eigenvalue weighted by Crippen LogP contribution is 2.39. The van der Waals surface area contributed by atoms with Crippen molar-refractivity contribution < 1.29 is 28.2 Å². The maximum atomic E-state index is 13.4. The molecular weight excluding hydrogens is 481 g/mol. The Morgan fingerprint density at radius 3 is 2.72 bits per heavy atom. The maximum absolute atomic E-state index is 13.4. The Bertz CT molecular complexity index is 1330. The molecule has 0 amide bonds. The van der Waals surface area contributed by atoms with E-state index >= 15 is 0 Å². The molecular formula is C20H17Cl2N3O6S. The van der Waals surface area contributed by atoms with E-state index < -0.39 is 32.6 Å².